The number of carbonyl (C=O) groups is 1. The van der Waals surface area contributed by atoms with Gasteiger partial charge in [-0.05, 0) is 48.4 Å². The Morgan fingerprint density at radius 2 is 1.86 bits per heavy atom. The Morgan fingerprint density at radius 3 is 2.64 bits per heavy atom. The van der Waals surface area contributed by atoms with Gasteiger partial charge in [-0.25, -0.2) is 9.67 Å². The summed E-state index contributed by atoms with van der Waals surface area (Å²) in [4.78, 5) is 30.1. The standard InChI is InChI=1S/C22H20N4O2/c1-2-16-8-6-11-18(14-16)26-22(28)19-12-7-13-23-21(19)25(26)15-20(27)24-17-9-4-3-5-10-17/h3-14H,2,15H2,1H3,(H,24,27). The molecule has 28 heavy (non-hydrogen) atoms. The molecule has 0 aliphatic rings. The van der Waals surface area contributed by atoms with E-state index >= 15 is 0 Å². The van der Waals surface area contributed by atoms with Crippen molar-refractivity contribution in [2.75, 3.05) is 5.32 Å². The van der Waals surface area contributed by atoms with Crippen LogP contribution >= 0.6 is 0 Å². The third kappa shape index (κ3) is 3.32. The molecule has 0 spiro atoms. The van der Waals surface area contributed by atoms with E-state index in [2.05, 4.69) is 17.2 Å². The molecule has 0 atom stereocenters. The second-order valence-corrected chi connectivity index (χ2v) is 6.49. The Hall–Kier alpha value is -3.67. The van der Waals surface area contributed by atoms with Crippen LogP contribution in [0.2, 0.25) is 0 Å². The van der Waals surface area contributed by atoms with Crippen LogP contribution in [0.3, 0.4) is 0 Å². The van der Waals surface area contributed by atoms with E-state index in [9.17, 15) is 9.59 Å². The highest BCUT2D eigenvalue weighted by molar-refractivity contribution is 5.91. The van der Waals surface area contributed by atoms with Gasteiger partial charge in [0.1, 0.15) is 6.54 Å². The van der Waals surface area contributed by atoms with Crippen molar-refractivity contribution in [3.05, 3.63) is 88.8 Å². The van der Waals surface area contributed by atoms with E-state index in [0.717, 1.165) is 17.7 Å². The molecule has 0 saturated carbocycles. The third-order valence-corrected chi connectivity index (χ3v) is 4.61. The molecule has 0 aliphatic heterocycles. The Morgan fingerprint density at radius 1 is 1.04 bits per heavy atom. The minimum Gasteiger partial charge on any atom is -0.324 e. The van der Waals surface area contributed by atoms with Crippen LogP contribution in [0.15, 0.2) is 77.7 Å². The van der Waals surface area contributed by atoms with Crippen LogP contribution in [0.5, 0.6) is 0 Å². The summed E-state index contributed by atoms with van der Waals surface area (Å²) in [6.45, 7) is 2.04. The first-order valence-corrected chi connectivity index (χ1v) is 9.18. The van der Waals surface area contributed by atoms with Gasteiger partial charge in [0.05, 0.1) is 11.1 Å². The van der Waals surface area contributed by atoms with E-state index < -0.39 is 0 Å². The molecular weight excluding hydrogens is 352 g/mol. The fraction of sp³-hybridized carbons (Fsp3) is 0.136. The number of rotatable bonds is 5. The molecule has 0 aliphatic carbocycles. The molecule has 1 N–H and O–H groups in total. The normalized spacial score (nSPS) is 10.9. The van der Waals surface area contributed by atoms with Gasteiger partial charge in [-0.1, -0.05) is 37.3 Å². The summed E-state index contributed by atoms with van der Waals surface area (Å²) in [5.41, 5.74) is 2.83. The van der Waals surface area contributed by atoms with E-state index in [0.29, 0.717) is 16.7 Å². The minimum absolute atomic E-state index is 0.0268. The largest absolute Gasteiger partial charge is 0.324 e. The number of amides is 1. The first kappa shape index (κ1) is 17.7. The van der Waals surface area contributed by atoms with Gasteiger partial charge in [-0.3, -0.25) is 14.3 Å². The number of nitrogens with zero attached hydrogens (tertiary/aromatic N) is 3. The number of pyridine rings is 1. The molecule has 4 aromatic rings. The monoisotopic (exact) mass is 372 g/mol. The number of aryl methyl sites for hydroxylation is 1. The predicted octanol–water partition coefficient (Wildman–Crippen LogP) is 3.39. The van der Waals surface area contributed by atoms with E-state index in [1.165, 1.54) is 4.68 Å². The fourth-order valence-corrected chi connectivity index (χ4v) is 3.26. The summed E-state index contributed by atoms with van der Waals surface area (Å²) in [6, 6.07) is 20.5. The molecule has 2 aromatic heterocycles. The average Bonchev–Trinajstić information content (AvgIpc) is 3.00. The highest BCUT2D eigenvalue weighted by Gasteiger charge is 2.18. The lowest BCUT2D eigenvalue weighted by Gasteiger charge is -2.13. The maximum absolute atomic E-state index is 13.1. The van der Waals surface area contributed by atoms with Gasteiger partial charge in [0.15, 0.2) is 5.65 Å². The van der Waals surface area contributed by atoms with Crippen molar-refractivity contribution < 1.29 is 4.79 Å². The Kier molecular flexibility index (Phi) is 4.76. The lowest BCUT2D eigenvalue weighted by atomic mass is 10.1. The number of anilines is 1. The Bertz CT molecular complexity index is 1190. The maximum Gasteiger partial charge on any atom is 0.280 e. The highest BCUT2D eigenvalue weighted by Crippen LogP contribution is 2.15. The van der Waals surface area contributed by atoms with Crippen molar-refractivity contribution in [3.63, 3.8) is 0 Å². The quantitative estimate of drug-likeness (QED) is 0.584. The SMILES string of the molecule is CCc1cccc(-n2c(=O)c3cccnc3n2CC(=O)Nc2ccccc2)c1. The van der Waals surface area contributed by atoms with E-state index in [-0.39, 0.29) is 18.0 Å². The lowest BCUT2D eigenvalue weighted by Crippen LogP contribution is -2.27. The zero-order valence-electron chi connectivity index (χ0n) is 15.5. The summed E-state index contributed by atoms with van der Waals surface area (Å²) >= 11 is 0. The number of hydrogen-bond acceptors (Lipinski definition) is 3. The molecule has 1 amide bonds. The molecule has 2 aromatic carbocycles. The summed E-state index contributed by atoms with van der Waals surface area (Å²) in [7, 11) is 0. The van der Waals surface area contributed by atoms with Crippen LogP contribution in [0.25, 0.3) is 16.7 Å². The van der Waals surface area contributed by atoms with Crippen molar-refractivity contribution >= 4 is 22.6 Å². The van der Waals surface area contributed by atoms with Crippen LogP contribution in [0, 0.1) is 0 Å². The number of benzene rings is 2. The van der Waals surface area contributed by atoms with Crippen LogP contribution in [0.1, 0.15) is 12.5 Å². The molecule has 6 heteroatoms. The first-order chi connectivity index (χ1) is 13.7. The molecule has 0 bridgehead atoms. The van der Waals surface area contributed by atoms with Gasteiger partial charge in [0.25, 0.3) is 5.56 Å². The predicted molar refractivity (Wildman–Crippen MR) is 110 cm³/mol. The fourth-order valence-electron chi connectivity index (χ4n) is 3.26. The first-order valence-electron chi connectivity index (χ1n) is 9.18. The van der Waals surface area contributed by atoms with Gasteiger partial charge < -0.3 is 5.32 Å². The summed E-state index contributed by atoms with van der Waals surface area (Å²) in [6.07, 6.45) is 2.48. The molecule has 140 valence electrons. The molecular formula is C22H20N4O2. The van der Waals surface area contributed by atoms with Gasteiger partial charge in [0.2, 0.25) is 5.91 Å². The Labute approximate surface area is 162 Å². The topological polar surface area (TPSA) is 68.9 Å². The molecule has 4 rings (SSSR count). The lowest BCUT2D eigenvalue weighted by molar-refractivity contribution is -0.116. The number of nitrogens with one attached hydrogen (secondary N) is 1. The van der Waals surface area contributed by atoms with E-state index in [1.807, 2.05) is 54.6 Å². The van der Waals surface area contributed by atoms with Gasteiger partial charge in [-0.15, -0.1) is 0 Å². The number of para-hydroxylation sites is 1. The van der Waals surface area contributed by atoms with Crippen molar-refractivity contribution in [1.29, 1.82) is 0 Å². The highest BCUT2D eigenvalue weighted by atomic mass is 16.2. The van der Waals surface area contributed by atoms with Crippen LogP contribution < -0.4 is 10.9 Å². The molecule has 2 heterocycles. The minimum atomic E-state index is -0.228. The second kappa shape index (κ2) is 7.52. The smallest absolute Gasteiger partial charge is 0.280 e. The average molecular weight is 372 g/mol. The number of hydrogen-bond donors (Lipinski definition) is 1. The third-order valence-electron chi connectivity index (χ3n) is 4.61. The van der Waals surface area contributed by atoms with Crippen LogP contribution in [0.4, 0.5) is 5.69 Å². The molecule has 0 radical (unpaired) electrons. The van der Waals surface area contributed by atoms with Crippen LogP contribution in [-0.4, -0.2) is 20.3 Å². The van der Waals surface area contributed by atoms with Gasteiger partial charge in [0, 0.05) is 11.9 Å². The Balaban J connectivity index is 1.80. The van der Waals surface area contributed by atoms with Crippen molar-refractivity contribution in [1.82, 2.24) is 14.3 Å². The maximum atomic E-state index is 13.1. The number of carbonyl (C=O) groups excluding carboxylic acids is 1. The number of aromatic nitrogens is 3. The molecule has 6 nitrogen and oxygen atoms in total. The molecule has 0 fully saturated rings. The van der Waals surface area contributed by atoms with Crippen molar-refractivity contribution in [2.45, 2.75) is 19.9 Å². The summed E-state index contributed by atoms with van der Waals surface area (Å²) < 4.78 is 3.16. The van der Waals surface area contributed by atoms with Gasteiger partial charge in [-0.2, -0.15) is 0 Å². The van der Waals surface area contributed by atoms with Crippen LogP contribution in [-0.2, 0) is 17.8 Å². The van der Waals surface area contributed by atoms with E-state index in [4.69, 9.17) is 0 Å². The summed E-state index contributed by atoms with van der Waals surface area (Å²) in [5.74, 6) is -0.228. The zero-order chi connectivity index (χ0) is 19.5. The zero-order valence-corrected chi connectivity index (χ0v) is 15.5. The second-order valence-electron chi connectivity index (χ2n) is 6.49. The van der Waals surface area contributed by atoms with Crippen molar-refractivity contribution in [3.8, 4) is 5.69 Å². The summed E-state index contributed by atoms with van der Waals surface area (Å²) in [5, 5.41) is 3.35. The van der Waals surface area contributed by atoms with E-state index in [1.54, 1.807) is 23.0 Å². The molecule has 0 unspecified atom stereocenters. The van der Waals surface area contributed by atoms with Gasteiger partial charge >= 0.3 is 0 Å². The molecule has 0 saturated heterocycles. The number of fused-ring (bicyclic) bond motifs is 1. The van der Waals surface area contributed by atoms with Crippen molar-refractivity contribution in [2.24, 2.45) is 0 Å².